The van der Waals surface area contributed by atoms with Crippen LogP contribution in [-0.2, 0) is 13.1 Å². The van der Waals surface area contributed by atoms with Crippen LogP contribution >= 0.6 is 11.6 Å². The van der Waals surface area contributed by atoms with Crippen molar-refractivity contribution in [3.63, 3.8) is 0 Å². The van der Waals surface area contributed by atoms with Crippen LogP contribution in [0.25, 0.3) is 0 Å². The molecule has 1 N–H and O–H groups in total. The molecule has 0 saturated heterocycles. The zero-order chi connectivity index (χ0) is 24.8. The number of nitrogens with one attached hydrogen (secondary N) is 1. The van der Waals surface area contributed by atoms with E-state index in [2.05, 4.69) is 15.4 Å². The van der Waals surface area contributed by atoms with Gasteiger partial charge in [-0.15, -0.1) is 0 Å². The van der Waals surface area contributed by atoms with Gasteiger partial charge in [-0.25, -0.2) is 9.67 Å². The molecule has 2 aromatic heterocycles. The van der Waals surface area contributed by atoms with Crippen LogP contribution in [0.4, 0.5) is 0 Å². The Morgan fingerprint density at radius 3 is 2.43 bits per heavy atom. The fraction of sp³-hybridized carbons (Fsp3) is 0.222. The predicted molar refractivity (Wildman–Crippen MR) is 135 cm³/mol. The minimum absolute atomic E-state index is 0.284. The van der Waals surface area contributed by atoms with E-state index >= 15 is 0 Å². The van der Waals surface area contributed by atoms with E-state index in [9.17, 15) is 4.79 Å². The molecule has 0 atom stereocenters. The number of carbonyl (C=O) groups excluding carboxylic acids is 1. The number of pyridine rings is 1. The number of rotatable bonds is 9. The Labute approximate surface area is 209 Å². The topological polar surface area (TPSA) is 78.3 Å². The fourth-order valence-corrected chi connectivity index (χ4v) is 3.88. The molecule has 4 aromatic rings. The van der Waals surface area contributed by atoms with E-state index in [1.807, 2.05) is 68.4 Å². The summed E-state index contributed by atoms with van der Waals surface area (Å²) >= 11 is 6.53. The van der Waals surface area contributed by atoms with Crippen molar-refractivity contribution in [1.29, 1.82) is 0 Å². The number of benzene rings is 2. The minimum atomic E-state index is -0.284. The molecular weight excluding hydrogens is 464 g/mol. The molecule has 8 heteroatoms. The van der Waals surface area contributed by atoms with Gasteiger partial charge in [-0.2, -0.15) is 5.10 Å². The molecule has 0 aliphatic rings. The number of hydrogen-bond donors (Lipinski definition) is 1. The van der Waals surface area contributed by atoms with Gasteiger partial charge in [0.15, 0.2) is 0 Å². The molecule has 2 aromatic carbocycles. The normalized spacial score (nSPS) is 10.7. The quantitative estimate of drug-likeness (QED) is 0.325. The van der Waals surface area contributed by atoms with Crippen molar-refractivity contribution in [2.24, 2.45) is 0 Å². The van der Waals surface area contributed by atoms with Crippen molar-refractivity contribution in [2.45, 2.75) is 33.9 Å². The van der Waals surface area contributed by atoms with Crippen LogP contribution in [-0.4, -0.2) is 27.3 Å². The van der Waals surface area contributed by atoms with Crippen molar-refractivity contribution in [3.8, 4) is 17.4 Å². The summed E-state index contributed by atoms with van der Waals surface area (Å²) in [6.07, 6.45) is 1.64. The Bertz CT molecular complexity index is 1300. The summed E-state index contributed by atoms with van der Waals surface area (Å²) in [4.78, 5) is 17.2. The molecule has 2 heterocycles. The van der Waals surface area contributed by atoms with Gasteiger partial charge >= 0.3 is 0 Å². The fourth-order valence-electron chi connectivity index (χ4n) is 3.56. The van der Waals surface area contributed by atoms with Crippen molar-refractivity contribution in [2.75, 3.05) is 6.61 Å². The van der Waals surface area contributed by atoms with Gasteiger partial charge in [-0.3, -0.25) is 4.79 Å². The SMILES string of the molecule is CCOc1ccc(Oc2cc(CNC(=O)c3c(C)nn(Cc4ccc(C)cc4)c3Cl)ccn2)cc1. The molecule has 0 aliphatic carbocycles. The maximum Gasteiger partial charge on any atom is 0.256 e. The average molecular weight is 491 g/mol. The molecule has 0 aliphatic heterocycles. The Kier molecular flexibility index (Phi) is 7.67. The van der Waals surface area contributed by atoms with E-state index in [0.717, 1.165) is 16.9 Å². The summed E-state index contributed by atoms with van der Waals surface area (Å²) < 4.78 is 12.9. The molecule has 180 valence electrons. The third kappa shape index (κ3) is 6.19. The van der Waals surface area contributed by atoms with Crippen molar-refractivity contribution in [3.05, 3.63) is 100.0 Å². The average Bonchev–Trinajstić information content (AvgIpc) is 3.13. The maximum absolute atomic E-state index is 12.9. The number of carbonyl (C=O) groups is 1. The van der Waals surface area contributed by atoms with Crippen LogP contribution in [0.2, 0.25) is 5.15 Å². The number of halogens is 1. The highest BCUT2D eigenvalue weighted by Crippen LogP contribution is 2.24. The summed E-state index contributed by atoms with van der Waals surface area (Å²) in [6, 6.07) is 19.1. The molecule has 0 spiro atoms. The molecule has 0 bridgehead atoms. The molecular formula is C27H27ClN4O3. The Balaban J connectivity index is 1.39. The Hall–Kier alpha value is -3.84. The minimum Gasteiger partial charge on any atom is -0.494 e. The van der Waals surface area contributed by atoms with Crippen LogP contribution in [0.5, 0.6) is 17.4 Å². The van der Waals surface area contributed by atoms with Crippen LogP contribution in [0.15, 0.2) is 66.9 Å². The highest BCUT2D eigenvalue weighted by molar-refractivity contribution is 6.33. The lowest BCUT2D eigenvalue weighted by atomic mass is 10.1. The molecule has 1 amide bonds. The van der Waals surface area contributed by atoms with Crippen molar-refractivity contribution >= 4 is 17.5 Å². The number of hydrogen-bond acceptors (Lipinski definition) is 5. The highest BCUT2D eigenvalue weighted by atomic mass is 35.5. The lowest BCUT2D eigenvalue weighted by molar-refractivity contribution is 0.0950. The molecule has 0 fully saturated rings. The van der Waals surface area contributed by atoms with E-state index in [-0.39, 0.29) is 5.91 Å². The van der Waals surface area contributed by atoms with Gasteiger partial charge < -0.3 is 14.8 Å². The zero-order valence-electron chi connectivity index (χ0n) is 19.9. The lowest BCUT2D eigenvalue weighted by Crippen LogP contribution is -2.23. The summed E-state index contributed by atoms with van der Waals surface area (Å²) in [5, 5.41) is 7.70. The third-order valence-corrected chi connectivity index (χ3v) is 5.74. The molecule has 0 radical (unpaired) electrons. The van der Waals surface area contributed by atoms with E-state index in [0.29, 0.717) is 47.7 Å². The van der Waals surface area contributed by atoms with E-state index in [4.69, 9.17) is 21.1 Å². The van der Waals surface area contributed by atoms with Gasteiger partial charge in [0, 0.05) is 18.8 Å². The highest BCUT2D eigenvalue weighted by Gasteiger charge is 2.20. The maximum atomic E-state index is 12.9. The third-order valence-electron chi connectivity index (χ3n) is 5.35. The van der Waals surface area contributed by atoms with Gasteiger partial charge in [-0.1, -0.05) is 41.4 Å². The van der Waals surface area contributed by atoms with Gasteiger partial charge in [0.2, 0.25) is 5.88 Å². The van der Waals surface area contributed by atoms with E-state index < -0.39 is 0 Å². The van der Waals surface area contributed by atoms with Gasteiger partial charge in [0.05, 0.1) is 24.4 Å². The van der Waals surface area contributed by atoms with Crippen molar-refractivity contribution < 1.29 is 14.3 Å². The first-order chi connectivity index (χ1) is 16.9. The number of aryl methyl sites for hydroxylation is 2. The smallest absolute Gasteiger partial charge is 0.256 e. The monoisotopic (exact) mass is 490 g/mol. The first kappa shape index (κ1) is 24.3. The second-order valence-corrected chi connectivity index (χ2v) is 8.44. The van der Waals surface area contributed by atoms with Crippen LogP contribution < -0.4 is 14.8 Å². The van der Waals surface area contributed by atoms with Crippen LogP contribution in [0, 0.1) is 13.8 Å². The first-order valence-corrected chi connectivity index (χ1v) is 11.7. The second-order valence-electron chi connectivity index (χ2n) is 8.09. The summed E-state index contributed by atoms with van der Waals surface area (Å²) in [5.74, 6) is 1.57. The van der Waals surface area contributed by atoms with Crippen molar-refractivity contribution in [1.82, 2.24) is 20.1 Å². The zero-order valence-corrected chi connectivity index (χ0v) is 20.7. The molecule has 35 heavy (non-hydrogen) atoms. The predicted octanol–water partition coefficient (Wildman–Crippen LogP) is 5.72. The number of nitrogens with zero attached hydrogens (tertiary/aromatic N) is 3. The molecule has 0 saturated carbocycles. The largest absolute Gasteiger partial charge is 0.494 e. The molecule has 0 unspecified atom stereocenters. The van der Waals surface area contributed by atoms with Gasteiger partial charge in [0.1, 0.15) is 16.7 Å². The number of ether oxygens (including phenoxy) is 2. The number of amides is 1. The van der Waals surface area contributed by atoms with E-state index in [1.54, 1.807) is 23.9 Å². The van der Waals surface area contributed by atoms with Gasteiger partial charge in [-0.05, 0) is 62.2 Å². The lowest BCUT2D eigenvalue weighted by Gasteiger charge is -2.09. The van der Waals surface area contributed by atoms with Crippen LogP contribution in [0.1, 0.15) is 39.7 Å². The number of aromatic nitrogens is 3. The molecule has 7 nitrogen and oxygen atoms in total. The summed E-state index contributed by atoms with van der Waals surface area (Å²) in [7, 11) is 0. The second kappa shape index (κ2) is 11.1. The standard InChI is InChI=1S/C27H27ClN4O3/c1-4-34-22-9-11-23(12-10-22)35-24-15-21(13-14-29-24)16-30-27(33)25-19(3)31-32(26(25)28)17-20-7-5-18(2)6-8-20/h5-15H,4,16-17H2,1-3H3,(H,30,33). The summed E-state index contributed by atoms with van der Waals surface area (Å²) in [6.45, 7) is 7.14. The molecule has 4 rings (SSSR count). The Morgan fingerprint density at radius 1 is 1.00 bits per heavy atom. The van der Waals surface area contributed by atoms with Gasteiger partial charge in [0.25, 0.3) is 5.91 Å². The van der Waals surface area contributed by atoms with E-state index in [1.165, 1.54) is 5.56 Å². The van der Waals surface area contributed by atoms with Crippen LogP contribution in [0.3, 0.4) is 0 Å². The first-order valence-electron chi connectivity index (χ1n) is 11.3. The summed E-state index contributed by atoms with van der Waals surface area (Å²) in [5.41, 5.74) is 4.03. The Morgan fingerprint density at radius 2 is 1.71 bits per heavy atom.